The molecular formula is C12H24N2O3S. The molecule has 0 fully saturated rings. The summed E-state index contributed by atoms with van der Waals surface area (Å²) >= 11 is 1.55. The number of carboxylic acid groups (broad SMARTS) is 1. The highest BCUT2D eigenvalue weighted by atomic mass is 32.2. The van der Waals surface area contributed by atoms with Crippen LogP contribution in [0.25, 0.3) is 0 Å². The molecule has 0 saturated heterocycles. The van der Waals surface area contributed by atoms with Crippen molar-refractivity contribution in [2.75, 3.05) is 12.0 Å². The fourth-order valence-electron chi connectivity index (χ4n) is 1.25. The van der Waals surface area contributed by atoms with Crippen LogP contribution in [0.15, 0.2) is 0 Å². The van der Waals surface area contributed by atoms with E-state index in [-0.39, 0.29) is 23.8 Å². The zero-order chi connectivity index (χ0) is 14.3. The molecular weight excluding hydrogens is 252 g/mol. The Morgan fingerprint density at radius 3 is 2.33 bits per heavy atom. The third-order valence-electron chi connectivity index (χ3n) is 2.76. The summed E-state index contributed by atoms with van der Waals surface area (Å²) in [6.45, 7) is 5.86. The van der Waals surface area contributed by atoms with Crippen molar-refractivity contribution in [1.29, 1.82) is 0 Å². The number of aliphatic carboxylic acids is 1. The number of carboxylic acids is 1. The lowest BCUT2D eigenvalue weighted by Gasteiger charge is -2.27. The third-order valence-corrected chi connectivity index (χ3v) is 3.41. The molecule has 0 aliphatic heterocycles. The Morgan fingerprint density at radius 1 is 1.39 bits per heavy atom. The van der Waals surface area contributed by atoms with E-state index in [1.54, 1.807) is 11.8 Å². The molecule has 0 aromatic rings. The Morgan fingerprint density at radius 2 is 1.94 bits per heavy atom. The number of nitrogens with two attached hydrogens (primary N) is 1. The van der Waals surface area contributed by atoms with Gasteiger partial charge in [0.15, 0.2) is 0 Å². The van der Waals surface area contributed by atoms with Crippen molar-refractivity contribution < 1.29 is 14.7 Å². The van der Waals surface area contributed by atoms with Crippen molar-refractivity contribution in [2.24, 2.45) is 11.1 Å². The van der Waals surface area contributed by atoms with E-state index in [0.717, 1.165) is 0 Å². The van der Waals surface area contributed by atoms with Crippen molar-refractivity contribution in [3.05, 3.63) is 0 Å². The lowest BCUT2D eigenvalue weighted by Crippen LogP contribution is -2.45. The quantitative estimate of drug-likeness (QED) is 0.647. The fraction of sp³-hybridized carbons (Fsp3) is 0.833. The molecule has 0 aliphatic carbocycles. The molecule has 1 amide bonds. The summed E-state index contributed by atoms with van der Waals surface area (Å²) in [6, 6.07) is -1.11. The minimum Gasteiger partial charge on any atom is -0.480 e. The van der Waals surface area contributed by atoms with Crippen LogP contribution in [-0.4, -0.2) is 41.1 Å². The highest BCUT2D eigenvalue weighted by molar-refractivity contribution is 7.98. The van der Waals surface area contributed by atoms with Crippen LogP contribution in [0.1, 0.15) is 33.6 Å². The van der Waals surface area contributed by atoms with Gasteiger partial charge in [-0.25, -0.2) is 4.79 Å². The van der Waals surface area contributed by atoms with Gasteiger partial charge < -0.3 is 16.2 Å². The average molecular weight is 276 g/mol. The monoisotopic (exact) mass is 276 g/mol. The van der Waals surface area contributed by atoms with Gasteiger partial charge in [0.2, 0.25) is 5.91 Å². The lowest BCUT2D eigenvalue weighted by atomic mass is 9.85. The summed E-state index contributed by atoms with van der Waals surface area (Å²) in [5.41, 5.74) is 5.72. The van der Waals surface area contributed by atoms with Gasteiger partial charge in [0.1, 0.15) is 6.04 Å². The Hall–Kier alpha value is -0.750. The van der Waals surface area contributed by atoms with Crippen LogP contribution in [0, 0.1) is 5.41 Å². The number of carbonyl (C=O) groups is 2. The molecule has 0 aliphatic rings. The predicted molar refractivity (Wildman–Crippen MR) is 74.6 cm³/mol. The third kappa shape index (κ3) is 6.86. The van der Waals surface area contributed by atoms with E-state index in [1.807, 2.05) is 27.0 Å². The van der Waals surface area contributed by atoms with Gasteiger partial charge in [0, 0.05) is 12.5 Å². The Kier molecular flexibility index (Phi) is 7.32. The van der Waals surface area contributed by atoms with E-state index < -0.39 is 12.0 Å². The molecule has 18 heavy (non-hydrogen) atoms. The number of rotatable bonds is 7. The molecule has 2 atom stereocenters. The second-order valence-corrected chi connectivity index (χ2v) is 6.40. The number of thioether (sulfide) groups is 1. The first-order valence-corrected chi connectivity index (χ1v) is 7.34. The highest BCUT2D eigenvalue weighted by Crippen LogP contribution is 2.19. The predicted octanol–water partition coefficient (Wildman–Crippen LogP) is 1.07. The zero-order valence-corrected chi connectivity index (χ0v) is 12.3. The molecule has 0 rings (SSSR count). The van der Waals surface area contributed by atoms with Crippen LogP contribution < -0.4 is 11.1 Å². The molecule has 106 valence electrons. The first-order chi connectivity index (χ1) is 8.18. The SMILES string of the molecule is CSCC[C@@H](NC(=O)CC(N)C(C)(C)C)C(=O)O. The summed E-state index contributed by atoms with van der Waals surface area (Å²) in [5.74, 6) is -0.601. The largest absolute Gasteiger partial charge is 0.480 e. The lowest BCUT2D eigenvalue weighted by molar-refractivity contribution is -0.142. The summed E-state index contributed by atoms with van der Waals surface area (Å²) in [7, 11) is 0. The molecule has 0 aromatic carbocycles. The van der Waals surface area contributed by atoms with Gasteiger partial charge in [0.05, 0.1) is 0 Å². The summed E-state index contributed by atoms with van der Waals surface area (Å²) in [4.78, 5) is 22.7. The Bertz CT molecular complexity index is 290. The standard InChI is InChI=1S/C12H24N2O3S/c1-12(2,3)9(13)7-10(15)14-8(11(16)17)5-6-18-4/h8-9H,5-7,13H2,1-4H3,(H,14,15)(H,16,17)/t8-,9?/m1/s1. The van der Waals surface area contributed by atoms with E-state index in [0.29, 0.717) is 12.2 Å². The maximum Gasteiger partial charge on any atom is 0.326 e. The van der Waals surface area contributed by atoms with Crippen molar-refractivity contribution in [3.63, 3.8) is 0 Å². The van der Waals surface area contributed by atoms with Crippen LogP contribution >= 0.6 is 11.8 Å². The summed E-state index contributed by atoms with van der Waals surface area (Å²) in [5, 5.41) is 11.5. The van der Waals surface area contributed by atoms with Crippen LogP contribution in [0.5, 0.6) is 0 Å². The number of hydrogen-bond acceptors (Lipinski definition) is 4. The first kappa shape index (κ1) is 17.2. The van der Waals surface area contributed by atoms with Gasteiger partial charge in [-0.3, -0.25) is 4.79 Å². The summed E-state index contributed by atoms with van der Waals surface area (Å²) < 4.78 is 0. The number of amides is 1. The molecule has 0 saturated carbocycles. The molecule has 6 heteroatoms. The van der Waals surface area contributed by atoms with Gasteiger partial charge in [-0.1, -0.05) is 20.8 Å². The number of hydrogen-bond donors (Lipinski definition) is 3. The minimum atomic E-state index is -0.998. The zero-order valence-electron chi connectivity index (χ0n) is 11.5. The topological polar surface area (TPSA) is 92.4 Å². The molecule has 0 spiro atoms. The maximum absolute atomic E-state index is 11.7. The van der Waals surface area contributed by atoms with E-state index in [2.05, 4.69) is 5.32 Å². The van der Waals surface area contributed by atoms with Crippen LogP contribution in [0.3, 0.4) is 0 Å². The Balaban J connectivity index is 4.30. The van der Waals surface area contributed by atoms with Gasteiger partial charge in [-0.15, -0.1) is 0 Å². The van der Waals surface area contributed by atoms with Crippen LogP contribution in [0.2, 0.25) is 0 Å². The molecule has 1 unspecified atom stereocenters. The van der Waals surface area contributed by atoms with Gasteiger partial charge >= 0.3 is 5.97 Å². The molecule has 0 radical (unpaired) electrons. The van der Waals surface area contributed by atoms with E-state index in [4.69, 9.17) is 10.8 Å². The molecule has 0 aromatic heterocycles. The average Bonchev–Trinajstić information content (AvgIpc) is 2.22. The Labute approximate surface area is 113 Å². The maximum atomic E-state index is 11.7. The van der Waals surface area contributed by atoms with Gasteiger partial charge in [-0.2, -0.15) is 11.8 Å². The van der Waals surface area contributed by atoms with Crippen molar-refractivity contribution >= 4 is 23.6 Å². The van der Waals surface area contributed by atoms with Crippen LogP contribution in [0.4, 0.5) is 0 Å². The van der Waals surface area contributed by atoms with Gasteiger partial charge in [0.25, 0.3) is 0 Å². The van der Waals surface area contributed by atoms with Crippen LogP contribution in [-0.2, 0) is 9.59 Å². The smallest absolute Gasteiger partial charge is 0.326 e. The van der Waals surface area contributed by atoms with E-state index >= 15 is 0 Å². The molecule has 0 bridgehead atoms. The fourth-order valence-corrected chi connectivity index (χ4v) is 1.72. The first-order valence-electron chi connectivity index (χ1n) is 5.95. The van der Waals surface area contributed by atoms with Crippen molar-refractivity contribution in [1.82, 2.24) is 5.32 Å². The summed E-state index contributed by atoms with van der Waals surface area (Å²) in [6.07, 6.45) is 2.47. The highest BCUT2D eigenvalue weighted by Gasteiger charge is 2.25. The normalized spacial score (nSPS) is 14.9. The molecule has 0 heterocycles. The molecule has 5 nitrogen and oxygen atoms in total. The van der Waals surface area contributed by atoms with E-state index in [9.17, 15) is 9.59 Å². The molecule has 4 N–H and O–H groups in total. The second-order valence-electron chi connectivity index (χ2n) is 5.42. The number of nitrogens with one attached hydrogen (secondary N) is 1. The van der Waals surface area contributed by atoms with Crippen molar-refractivity contribution in [2.45, 2.75) is 45.7 Å². The number of carbonyl (C=O) groups excluding carboxylic acids is 1. The van der Waals surface area contributed by atoms with Crippen molar-refractivity contribution in [3.8, 4) is 0 Å². The minimum absolute atomic E-state index is 0.145. The van der Waals surface area contributed by atoms with Gasteiger partial charge in [-0.05, 0) is 23.8 Å². The second kappa shape index (κ2) is 7.63. The van der Waals surface area contributed by atoms with E-state index in [1.165, 1.54) is 0 Å².